The molecule has 7 heteroatoms. The number of benzene rings is 1. The molecule has 1 aromatic carbocycles. The molecule has 2 rings (SSSR count). The van der Waals surface area contributed by atoms with Gasteiger partial charge in [0.15, 0.2) is 0 Å². The maximum Gasteiger partial charge on any atom is 0.298 e. The molecule has 0 atom stereocenters. The van der Waals surface area contributed by atoms with Crippen molar-refractivity contribution in [2.45, 2.75) is 4.90 Å². The van der Waals surface area contributed by atoms with Gasteiger partial charge in [0.25, 0.3) is 10.1 Å². The zero-order valence-corrected chi connectivity index (χ0v) is 10.6. The lowest BCUT2D eigenvalue weighted by molar-refractivity contribution is 0.483. The molecule has 1 aromatic heterocycles. The second-order valence-corrected chi connectivity index (χ2v) is 5.26. The van der Waals surface area contributed by atoms with Crippen LogP contribution in [0, 0.1) is 0 Å². The minimum Gasteiger partial charge on any atom is -0.353 e. The summed E-state index contributed by atoms with van der Waals surface area (Å²) >= 11 is 5.88. The predicted octanol–water partition coefficient (Wildman–Crippen LogP) is 2.73. The first-order chi connectivity index (χ1) is 8.48. The summed E-state index contributed by atoms with van der Waals surface area (Å²) < 4.78 is 31.5. The molecule has 0 unspecified atom stereocenters. The third kappa shape index (κ3) is 2.79. The number of anilines is 2. The summed E-state index contributed by atoms with van der Waals surface area (Å²) in [6.45, 7) is 0. The summed E-state index contributed by atoms with van der Waals surface area (Å²) in [6.07, 6.45) is 2.33. The number of nitrogens with zero attached hydrogens (tertiary/aromatic N) is 1. The molecule has 0 radical (unpaired) electrons. The van der Waals surface area contributed by atoms with E-state index in [2.05, 4.69) is 10.3 Å². The quantitative estimate of drug-likeness (QED) is 0.847. The highest BCUT2D eigenvalue weighted by Crippen LogP contribution is 2.30. The van der Waals surface area contributed by atoms with Crippen LogP contribution in [0.1, 0.15) is 0 Å². The molecule has 0 spiro atoms. The van der Waals surface area contributed by atoms with E-state index >= 15 is 0 Å². The molecule has 18 heavy (non-hydrogen) atoms. The van der Waals surface area contributed by atoms with Gasteiger partial charge in [0.2, 0.25) is 0 Å². The lowest BCUT2D eigenvalue weighted by Gasteiger charge is -2.11. The maximum atomic E-state index is 11.2. The number of nitrogens with one attached hydrogen (secondary N) is 1. The van der Waals surface area contributed by atoms with E-state index in [1.807, 2.05) is 6.07 Å². The van der Waals surface area contributed by atoms with Crippen molar-refractivity contribution >= 4 is 33.1 Å². The number of halogens is 1. The Labute approximate surface area is 109 Å². The van der Waals surface area contributed by atoms with Crippen LogP contribution >= 0.6 is 11.6 Å². The number of pyridine rings is 1. The number of rotatable bonds is 3. The van der Waals surface area contributed by atoms with Crippen molar-refractivity contribution in [2.24, 2.45) is 0 Å². The summed E-state index contributed by atoms with van der Waals surface area (Å²) in [5.41, 5.74) is 0.746. The Morgan fingerprint density at radius 3 is 2.44 bits per heavy atom. The second kappa shape index (κ2) is 4.93. The van der Waals surface area contributed by atoms with E-state index in [0.717, 1.165) is 6.20 Å². The third-order valence-corrected chi connectivity index (χ3v) is 3.34. The Kier molecular flexibility index (Phi) is 3.51. The van der Waals surface area contributed by atoms with Crippen molar-refractivity contribution < 1.29 is 13.0 Å². The number of hydrogen-bond donors (Lipinski definition) is 2. The van der Waals surface area contributed by atoms with Crippen LogP contribution in [0.4, 0.5) is 11.4 Å². The molecule has 94 valence electrons. The summed E-state index contributed by atoms with van der Waals surface area (Å²) in [5, 5.41) is 2.94. The monoisotopic (exact) mass is 284 g/mol. The standard InChI is InChI=1S/C11H9ClN2O3S/c12-9-6-13-7-10(18(15,16)17)11(9)14-8-4-2-1-3-5-8/h1-7H,(H,13,14)(H,15,16,17). The van der Waals surface area contributed by atoms with Crippen LogP contribution in [-0.2, 0) is 10.1 Å². The van der Waals surface area contributed by atoms with E-state index < -0.39 is 10.1 Å². The van der Waals surface area contributed by atoms with E-state index in [9.17, 15) is 8.42 Å². The average Bonchev–Trinajstić information content (AvgIpc) is 2.32. The van der Waals surface area contributed by atoms with Crippen molar-refractivity contribution in [1.29, 1.82) is 0 Å². The van der Waals surface area contributed by atoms with Crippen molar-refractivity contribution in [3.63, 3.8) is 0 Å². The first-order valence-electron chi connectivity index (χ1n) is 4.91. The molecular weight excluding hydrogens is 276 g/mol. The van der Waals surface area contributed by atoms with Crippen LogP contribution < -0.4 is 5.32 Å². The molecule has 2 aromatic rings. The lowest BCUT2D eigenvalue weighted by Crippen LogP contribution is -2.04. The van der Waals surface area contributed by atoms with Gasteiger partial charge in [-0.15, -0.1) is 0 Å². The molecule has 0 aliphatic carbocycles. The summed E-state index contributed by atoms with van der Waals surface area (Å²) in [7, 11) is -4.39. The predicted molar refractivity (Wildman–Crippen MR) is 68.8 cm³/mol. The molecule has 0 bridgehead atoms. The van der Waals surface area contributed by atoms with Crippen molar-refractivity contribution in [3.8, 4) is 0 Å². The fraction of sp³-hybridized carbons (Fsp3) is 0. The van der Waals surface area contributed by atoms with Crippen molar-refractivity contribution in [3.05, 3.63) is 47.7 Å². The molecule has 0 aliphatic rings. The zero-order chi connectivity index (χ0) is 13.2. The van der Waals surface area contributed by atoms with Gasteiger partial charge >= 0.3 is 0 Å². The number of para-hydroxylation sites is 1. The van der Waals surface area contributed by atoms with Gasteiger partial charge in [-0.25, -0.2) is 0 Å². The molecule has 0 amide bonds. The van der Waals surface area contributed by atoms with E-state index in [1.54, 1.807) is 24.3 Å². The molecule has 0 saturated heterocycles. The Morgan fingerprint density at radius 2 is 1.83 bits per heavy atom. The van der Waals surface area contributed by atoms with Crippen LogP contribution in [0.25, 0.3) is 0 Å². The number of hydrogen-bond acceptors (Lipinski definition) is 4. The zero-order valence-electron chi connectivity index (χ0n) is 9.04. The molecule has 2 N–H and O–H groups in total. The van der Waals surface area contributed by atoms with E-state index in [4.69, 9.17) is 16.2 Å². The Balaban J connectivity index is 2.51. The van der Waals surface area contributed by atoms with E-state index in [1.165, 1.54) is 6.20 Å². The highest BCUT2D eigenvalue weighted by Gasteiger charge is 2.18. The summed E-state index contributed by atoms with van der Waals surface area (Å²) in [4.78, 5) is 3.28. The van der Waals surface area contributed by atoms with Crippen molar-refractivity contribution in [2.75, 3.05) is 5.32 Å². The van der Waals surface area contributed by atoms with Crippen LogP contribution in [0.5, 0.6) is 0 Å². The molecule has 0 fully saturated rings. The van der Waals surface area contributed by atoms with Crippen molar-refractivity contribution in [1.82, 2.24) is 4.98 Å². The topological polar surface area (TPSA) is 79.3 Å². The Morgan fingerprint density at radius 1 is 1.17 bits per heavy atom. The van der Waals surface area contributed by atoms with Crippen LogP contribution in [0.3, 0.4) is 0 Å². The second-order valence-electron chi connectivity index (χ2n) is 3.46. The van der Waals surface area contributed by atoms with Crippen LogP contribution in [0.15, 0.2) is 47.6 Å². The first kappa shape index (κ1) is 12.8. The number of aromatic nitrogens is 1. The Hall–Kier alpha value is -1.63. The minimum absolute atomic E-state index is 0.0976. The molecular formula is C11H9ClN2O3S. The van der Waals surface area contributed by atoms with Gasteiger partial charge in [0, 0.05) is 11.9 Å². The van der Waals surface area contributed by atoms with E-state index in [-0.39, 0.29) is 15.6 Å². The van der Waals surface area contributed by atoms with Gasteiger partial charge in [-0.1, -0.05) is 29.8 Å². The largest absolute Gasteiger partial charge is 0.353 e. The van der Waals surface area contributed by atoms with Gasteiger partial charge in [-0.3, -0.25) is 9.54 Å². The molecule has 0 saturated carbocycles. The fourth-order valence-electron chi connectivity index (χ4n) is 1.40. The molecule has 1 heterocycles. The third-order valence-electron chi connectivity index (χ3n) is 2.19. The fourth-order valence-corrected chi connectivity index (χ4v) is 2.27. The molecule has 0 aliphatic heterocycles. The SMILES string of the molecule is O=S(=O)(O)c1cncc(Cl)c1Nc1ccccc1. The average molecular weight is 285 g/mol. The van der Waals surface area contributed by atoms with Gasteiger partial charge in [-0.2, -0.15) is 8.42 Å². The smallest absolute Gasteiger partial charge is 0.298 e. The first-order valence-corrected chi connectivity index (χ1v) is 6.73. The van der Waals surface area contributed by atoms with Gasteiger partial charge < -0.3 is 5.32 Å². The highest BCUT2D eigenvalue weighted by atomic mass is 35.5. The van der Waals surface area contributed by atoms with E-state index in [0.29, 0.717) is 5.69 Å². The van der Waals surface area contributed by atoms with Gasteiger partial charge in [0.05, 0.1) is 16.9 Å². The Bertz CT molecular complexity index is 659. The van der Waals surface area contributed by atoms with Gasteiger partial charge in [0.1, 0.15) is 4.90 Å². The van der Waals surface area contributed by atoms with Crippen LogP contribution in [0.2, 0.25) is 5.02 Å². The van der Waals surface area contributed by atoms with Gasteiger partial charge in [-0.05, 0) is 12.1 Å². The lowest BCUT2D eigenvalue weighted by atomic mass is 10.3. The summed E-state index contributed by atoms with van der Waals surface area (Å²) in [6, 6.07) is 8.87. The minimum atomic E-state index is -4.39. The normalized spacial score (nSPS) is 11.2. The highest BCUT2D eigenvalue weighted by molar-refractivity contribution is 7.86. The van der Waals surface area contributed by atoms with Crippen LogP contribution in [-0.4, -0.2) is 18.0 Å². The molecule has 5 nitrogen and oxygen atoms in total. The maximum absolute atomic E-state index is 11.2. The summed E-state index contributed by atoms with van der Waals surface area (Å²) in [5.74, 6) is 0.